The number of hydrogen-bond donors (Lipinski definition) is 3. The third-order valence-electron chi connectivity index (χ3n) is 5.05. The Bertz CT molecular complexity index is 1070. The fourth-order valence-electron chi connectivity index (χ4n) is 3.33. The van der Waals surface area contributed by atoms with Crippen LogP contribution in [-0.4, -0.2) is 41.3 Å². The van der Waals surface area contributed by atoms with Crippen LogP contribution in [0.5, 0.6) is 0 Å². The highest BCUT2D eigenvalue weighted by Crippen LogP contribution is 2.20. The minimum atomic E-state index is -0.525. The predicted octanol–water partition coefficient (Wildman–Crippen LogP) is 4.12. The third-order valence-corrected chi connectivity index (χ3v) is 5.05. The van der Waals surface area contributed by atoms with E-state index in [0.29, 0.717) is 24.7 Å². The van der Waals surface area contributed by atoms with Crippen LogP contribution in [0.4, 0.5) is 14.6 Å². The van der Waals surface area contributed by atoms with Gasteiger partial charge in [-0.25, -0.2) is 8.78 Å². The normalized spacial score (nSPS) is 16.6. The largest absolute Gasteiger partial charge is 0.376 e. The number of nitrogens with zero attached hydrogens (tertiary/aromatic N) is 2. The topological polar surface area (TPSA) is 91.4 Å². The molecule has 2 heterocycles. The number of carbonyl (C=O) groups is 1. The zero-order valence-corrected chi connectivity index (χ0v) is 17.3. The maximum atomic E-state index is 13.2. The molecule has 0 saturated carbocycles. The van der Waals surface area contributed by atoms with Gasteiger partial charge in [-0.15, -0.1) is 0 Å². The first-order chi connectivity index (χ1) is 15.6. The van der Waals surface area contributed by atoms with Crippen molar-refractivity contribution < 1.29 is 18.3 Å². The third kappa shape index (κ3) is 5.76. The van der Waals surface area contributed by atoms with Crippen molar-refractivity contribution in [3.8, 4) is 11.3 Å². The number of ether oxygens (including phenoxy) is 1. The molecule has 1 saturated heterocycles. The number of amides is 1. The molecule has 2 aromatic carbocycles. The maximum Gasteiger partial charge on any atom is 0.280 e. The molecule has 166 valence electrons. The Labute approximate surface area is 183 Å². The lowest BCUT2D eigenvalue weighted by Gasteiger charge is -2.23. The van der Waals surface area contributed by atoms with Gasteiger partial charge in [-0.3, -0.25) is 9.89 Å². The van der Waals surface area contributed by atoms with E-state index in [9.17, 15) is 13.6 Å². The molecular formula is C23H23F2N5O2. The van der Waals surface area contributed by atoms with Gasteiger partial charge in [-0.2, -0.15) is 10.1 Å². The summed E-state index contributed by atoms with van der Waals surface area (Å²) in [6.45, 7) is 1.18. The molecule has 1 unspecified atom stereocenters. The fraction of sp³-hybridized carbons (Fsp3) is 0.261. The van der Waals surface area contributed by atoms with Gasteiger partial charge in [0.15, 0.2) is 0 Å². The minimum Gasteiger partial charge on any atom is -0.376 e. The van der Waals surface area contributed by atoms with E-state index in [-0.39, 0.29) is 23.4 Å². The highest BCUT2D eigenvalue weighted by molar-refractivity contribution is 6.06. The molecule has 3 N–H and O–H groups in total. The number of anilines is 1. The number of carbonyl (C=O) groups excluding carboxylic acids is 1. The fourth-order valence-corrected chi connectivity index (χ4v) is 3.33. The number of aliphatic imine (C=N–C) groups is 1. The molecule has 1 fully saturated rings. The van der Waals surface area contributed by atoms with E-state index in [1.165, 1.54) is 36.4 Å². The molecule has 1 amide bonds. The van der Waals surface area contributed by atoms with E-state index in [4.69, 9.17) is 4.74 Å². The van der Waals surface area contributed by atoms with Crippen LogP contribution in [0.15, 0.2) is 59.6 Å². The SMILES string of the molecule is O=C(/N=C(/NCC1CCCCO1)Nc1cc(-c2ccc(F)cc2)n[nH]1)c1ccc(F)cc1. The van der Waals surface area contributed by atoms with E-state index >= 15 is 0 Å². The van der Waals surface area contributed by atoms with Crippen LogP contribution in [0.2, 0.25) is 0 Å². The van der Waals surface area contributed by atoms with Crippen molar-refractivity contribution in [1.82, 2.24) is 15.5 Å². The van der Waals surface area contributed by atoms with Crippen molar-refractivity contribution >= 4 is 17.7 Å². The van der Waals surface area contributed by atoms with Gasteiger partial charge in [0.1, 0.15) is 17.5 Å². The average molecular weight is 439 g/mol. The van der Waals surface area contributed by atoms with Crippen LogP contribution in [0.3, 0.4) is 0 Å². The van der Waals surface area contributed by atoms with Crippen LogP contribution >= 0.6 is 0 Å². The van der Waals surface area contributed by atoms with Crippen molar-refractivity contribution in [2.45, 2.75) is 25.4 Å². The second-order valence-corrected chi connectivity index (χ2v) is 7.44. The number of aromatic nitrogens is 2. The molecule has 4 rings (SSSR count). The quantitative estimate of drug-likeness (QED) is 0.411. The summed E-state index contributed by atoms with van der Waals surface area (Å²) in [6, 6.07) is 12.9. The van der Waals surface area contributed by atoms with Crippen LogP contribution < -0.4 is 10.6 Å². The second kappa shape index (κ2) is 10.1. The number of rotatable bonds is 5. The number of guanidine groups is 1. The molecular weight excluding hydrogens is 416 g/mol. The van der Waals surface area contributed by atoms with Gasteiger partial charge in [0, 0.05) is 30.3 Å². The molecule has 0 bridgehead atoms. The molecule has 3 aromatic rings. The number of H-pyrrole nitrogens is 1. The molecule has 7 nitrogen and oxygen atoms in total. The molecule has 0 spiro atoms. The molecule has 1 aliphatic rings. The standard InChI is InChI=1S/C23H23F2N5O2/c24-17-8-4-15(5-9-17)20-13-21(30-29-20)27-23(26-14-19-3-1-2-12-32-19)28-22(31)16-6-10-18(25)11-7-16/h4-11,13,19H,1-3,12,14H2,(H3,26,27,28,29,30,31). The highest BCUT2D eigenvalue weighted by Gasteiger charge is 2.16. The summed E-state index contributed by atoms with van der Waals surface area (Å²) in [5.74, 6) is -0.578. The van der Waals surface area contributed by atoms with E-state index in [1.807, 2.05) is 0 Å². The Morgan fingerprint density at radius 1 is 1.09 bits per heavy atom. The number of aromatic amines is 1. The molecule has 1 atom stereocenters. The Morgan fingerprint density at radius 2 is 1.81 bits per heavy atom. The van der Waals surface area contributed by atoms with Crippen molar-refractivity contribution in [3.05, 3.63) is 71.8 Å². The van der Waals surface area contributed by atoms with E-state index in [2.05, 4.69) is 25.8 Å². The number of halogens is 2. The number of hydrogen-bond acceptors (Lipinski definition) is 3. The first-order valence-corrected chi connectivity index (χ1v) is 10.4. The summed E-state index contributed by atoms with van der Waals surface area (Å²) < 4.78 is 32.1. The lowest BCUT2D eigenvalue weighted by molar-refractivity contribution is 0.0195. The first kappa shape index (κ1) is 21.6. The van der Waals surface area contributed by atoms with Crippen LogP contribution in [0.1, 0.15) is 29.6 Å². The molecule has 0 aliphatic carbocycles. The van der Waals surface area contributed by atoms with Crippen molar-refractivity contribution in [3.63, 3.8) is 0 Å². The van der Waals surface area contributed by atoms with Crippen molar-refractivity contribution in [2.24, 2.45) is 4.99 Å². The summed E-state index contributed by atoms with van der Waals surface area (Å²) >= 11 is 0. The van der Waals surface area contributed by atoms with Gasteiger partial charge < -0.3 is 15.4 Å². The van der Waals surface area contributed by atoms with Crippen LogP contribution in [0.25, 0.3) is 11.3 Å². The smallest absolute Gasteiger partial charge is 0.280 e. The molecule has 32 heavy (non-hydrogen) atoms. The monoisotopic (exact) mass is 439 g/mol. The summed E-state index contributed by atoms with van der Waals surface area (Å²) in [6.07, 6.45) is 3.07. The van der Waals surface area contributed by atoms with E-state index < -0.39 is 11.7 Å². The maximum absolute atomic E-state index is 13.2. The van der Waals surface area contributed by atoms with Gasteiger partial charge in [0.05, 0.1) is 11.8 Å². The Hall–Kier alpha value is -3.59. The van der Waals surface area contributed by atoms with Gasteiger partial charge in [0.25, 0.3) is 5.91 Å². The second-order valence-electron chi connectivity index (χ2n) is 7.44. The highest BCUT2D eigenvalue weighted by atomic mass is 19.1. The first-order valence-electron chi connectivity index (χ1n) is 10.4. The van der Waals surface area contributed by atoms with Gasteiger partial charge in [-0.05, 0) is 67.8 Å². The van der Waals surface area contributed by atoms with E-state index in [0.717, 1.165) is 24.8 Å². The van der Waals surface area contributed by atoms with Crippen molar-refractivity contribution in [2.75, 3.05) is 18.5 Å². The number of benzene rings is 2. The molecule has 0 radical (unpaired) electrons. The van der Waals surface area contributed by atoms with Gasteiger partial charge >= 0.3 is 0 Å². The zero-order valence-electron chi connectivity index (χ0n) is 17.3. The lowest BCUT2D eigenvalue weighted by Crippen LogP contribution is -2.39. The minimum absolute atomic E-state index is 0.0215. The lowest BCUT2D eigenvalue weighted by atomic mass is 10.1. The molecule has 1 aromatic heterocycles. The van der Waals surface area contributed by atoms with Crippen LogP contribution in [0, 0.1) is 11.6 Å². The number of nitrogens with one attached hydrogen (secondary N) is 3. The molecule has 9 heteroatoms. The zero-order chi connectivity index (χ0) is 22.3. The van der Waals surface area contributed by atoms with E-state index in [1.54, 1.807) is 18.2 Å². The predicted molar refractivity (Wildman–Crippen MR) is 117 cm³/mol. The summed E-state index contributed by atoms with van der Waals surface area (Å²) in [7, 11) is 0. The Balaban J connectivity index is 1.50. The van der Waals surface area contributed by atoms with Crippen LogP contribution in [-0.2, 0) is 4.74 Å². The molecule has 1 aliphatic heterocycles. The Morgan fingerprint density at radius 3 is 2.50 bits per heavy atom. The average Bonchev–Trinajstić information content (AvgIpc) is 3.27. The summed E-state index contributed by atoms with van der Waals surface area (Å²) in [5, 5.41) is 13.2. The Kier molecular flexibility index (Phi) is 6.86. The van der Waals surface area contributed by atoms with Crippen molar-refractivity contribution in [1.29, 1.82) is 0 Å². The van der Waals surface area contributed by atoms with Gasteiger partial charge in [-0.1, -0.05) is 0 Å². The summed E-state index contributed by atoms with van der Waals surface area (Å²) in [5.41, 5.74) is 1.60. The summed E-state index contributed by atoms with van der Waals surface area (Å²) in [4.78, 5) is 16.7. The van der Waals surface area contributed by atoms with Gasteiger partial charge in [0.2, 0.25) is 5.96 Å².